The summed E-state index contributed by atoms with van der Waals surface area (Å²) in [7, 11) is 5.42. The second-order valence-electron chi connectivity index (χ2n) is 18.1. The van der Waals surface area contributed by atoms with Gasteiger partial charge in [0.2, 0.25) is 0 Å². The predicted molar refractivity (Wildman–Crippen MR) is 241 cm³/mol. The van der Waals surface area contributed by atoms with Crippen molar-refractivity contribution in [2.75, 3.05) is 41.0 Å². The quantitative estimate of drug-likeness (QED) is 0.0261. The molecule has 0 spiro atoms. The molecule has 0 aliphatic heterocycles. The van der Waals surface area contributed by atoms with Crippen LogP contribution >= 0.6 is 0 Å². The van der Waals surface area contributed by atoms with Crippen LogP contribution in [0.4, 0.5) is 0 Å². The van der Waals surface area contributed by atoms with Crippen molar-refractivity contribution >= 4 is 17.9 Å². The number of carbonyl (C=O) groups is 3. The standard InChI is InChI=1S/C50H95NO7/c1-6-8-10-12-14-16-18-19-20-21-22-23-24-25-26-27-28-29-31-33-35-37-39-41-49(53)58-46(44-56-43-42-47(50(54)55)51(3,4)5)45-57-48(52)40-38-36-34-32-30-17-15-13-11-9-7-2/h21-22,46-47H,6-20,23-45H2,1-5H3/b22-21-. The Bertz CT molecular complexity index is 962. The number of carboxylic acid groups (broad SMARTS) is 1. The second-order valence-corrected chi connectivity index (χ2v) is 18.1. The Morgan fingerprint density at radius 3 is 1.24 bits per heavy atom. The number of carboxylic acids is 1. The van der Waals surface area contributed by atoms with Gasteiger partial charge in [-0.15, -0.1) is 0 Å². The van der Waals surface area contributed by atoms with Crippen LogP contribution in [0.1, 0.15) is 239 Å². The van der Waals surface area contributed by atoms with Gasteiger partial charge in [-0.3, -0.25) is 9.59 Å². The number of hydrogen-bond donors (Lipinski definition) is 0. The summed E-state index contributed by atoms with van der Waals surface area (Å²) in [5.74, 6) is -1.72. The summed E-state index contributed by atoms with van der Waals surface area (Å²) >= 11 is 0. The van der Waals surface area contributed by atoms with Gasteiger partial charge in [-0.1, -0.05) is 193 Å². The van der Waals surface area contributed by atoms with E-state index in [2.05, 4.69) is 26.0 Å². The van der Waals surface area contributed by atoms with E-state index in [1.165, 1.54) is 167 Å². The summed E-state index contributed by atoms with van der Waals surface area (Å²) in [6.45, 7) is 4.69. The van der Waals surface area contributed by atoms with Crippen LogP contribution in [0.3, 0.4) is 0 Å². The van der Waals surface area contributed by atoms with E-state index in [1.54, 1.807) is 21.1 Å². The van der Waals surface area contributed by atoms with E-state index in [0.717, 1.165) is 38.5 Å². The van der Waals surface area contributed by atoms with Gasteiger partial charge in [0.25, 0.3) is 0 Å². The molecule has 8 heteroatoms. The van der Waals surface area contributed by atoms with Crippen molar-refractivity contribution < 1.29 is 38.2 Å². The third kappa shape index (κ3) is 39.5. The molecular weight excluding hydrogens is 727 g/mol. The van der Waals surface area contributed by atoms with Crippen molar-refractivity contribution in [2.24, 2.45) is 0 Å². The van der Waals surface area contributed by atoms with Crippen molar-refractivity contribution in [1.29, 1.82) is 0 Å². The highest BCUT2D eigenvalue weighted by atomic mass is 16.6. The Morgan fingerprint density at radius 2 is 0.862 bits per heavy atom. The number of hydrogen-bond acceptors (Lipinski definition) is 7. The fraction of sp³-hybridized carbons (Fsp3) is 0.900. The van der Waals surface area contributed by atoms with Crippen molar-refractivity contribution in [3.8, 4) is 0 Å². The number of allylic oxidation sites excluding steroid dienone is 2. The summed E-state index contributed by atoms with van der Waals surface area (Å²) in [5.41, 5.74) is 0. The van der Waals surface area contributed by atoms with Crippen LogP contribution in [-0.4, -0.2) is 75.5 Å². The summed E-state index contributed by atoms with van der Waals surface area (Å²) in [5, 5.41) is 11.6. The summed E-state index contributed by atoms with van der Waals surface area (Å²) in [6.07, 6.45) is 45.3. The van der Waals surface area contributed by atoms with Gasteiger partial charge in [0, 0.05) is 19.3 Å². The van der Waals surface area contributed by atoms with Gasteiger partial charge in [0.15, 0.2) is 6.10 Å². The fourth-order valence-electron chi connectivity index (χ4n) is 7.54. The van der Waals surface area contributed by atoms with E-state index in [9.17, 15) is 19.5 Å². The lowest BCUT2D eigenvalue weighted by Gasteiger charge is -2.34. The molecule has 0 aliphatic rings. The fourth-order valence-corrected chi connectivity index (χ4v) is 7.54. The molecule has 0 N–H and O–H groups in total. The molecule has 2 atom stereocenters. The maximum absolute atomic E-state index is 12.8. The van der Waals surface area contributed by atoms with Gasteiger partial charge in [0.1, 0.15) is 12.6 Å². The molecule has 58 heavy (non-hydrogen) atoms. The zero-order valence-electron chi connectivity index (χ0n) is 39.0. The lowest BCUT2D eigenvalue weighted by Crippen LogP contribution is -2.55. The van der Waals surface area contributed by atoms with Crippen LogP contribution < -0.4 is 5.11 Å². The molecule has 0 aromatic carbocycles. The van der Waals surface area contributed by atoms with Crippen molar-refractivity contribution in [3.05, 3.63) is 12.2 Å². The summed E-state index contributed by atoms with van der Waals surface area (Å²) < 4.78 is 17.2. The number of aliphatic carboxylic acids is 1. The van der Waals surface area contributed by atoms with Gasteiger partial charge in [-0.05, 0) is 38.5 Å². The second kappa shape index (κ2) is 41.8. The molecule has 342 valence electrons. The Kier molecular flexibility index (Phi) is 40.4. The number of ether oxygens (including phenoxy) is 3. The molecule has 0 fully saturated rings. The first-order valence-electron chi connectivity index (χ1n) is 24.7. The van der Waals surface area contributed by atoms with E-state index in [4.69, 9.17) is 14.2 Å². The first-order valence-corrected chi connectivity index (χ1v) is 24.7. The van der Waals surface area contributed by atoms with Crippen LogP contribution in [0, 0.1) is 0 Å². The minimum atomic E-state index is -1.12. The topological polar surface area (TPSA) is 102 Å². The molecule has 0 amide bonds. The molecule has 0 aliphatic carbocycles. The normalized spacial score (nSPS) is 12.9. The molecule has 2 unspecified atom stereocenters. The monoisotopic (exact) mass is 822 g/mol. The molecule has 0 aromatic heterocycles. The molecule has 0 saturated heterocycles. The van der Waals surface area contributed by atoms with E-state index in [-0.39, 0.29) is 42.7 Å². The highest BCUT2D eigenvalue weighted by molar-refractivity contribution is 5.70. The molecule has 0 radical (unpaired) electrons. The molecule has 0 saturated carbocycles. The minimum absolute atomic E-state index is 0.0465. The van der Waals surface area contributed by atoms with E-state index in [0.29, 0.717) is 12.8 Å². The van der Waals surface area contributed by atoms with Crippen LogP contribution in [-0.2, 0) is 28.6 Å². The number of quaternary nitrogens is 1. The largest absolute Gasteiger partial charge is 0.544 e. The highest BCUT2D eigenvalue weighted by Crippen LogP contribution is 2.16. The molecular formula is C50H95NO7. The van der Waals surface area contributed by atoms with Gasteiger partial charge >= 0.3 is 11.9 Å². The first-order chi connectivity index (χ1) is 28.1. The Balaban J connectivity index is 4.16. The highest BCUT2D eigenvalue weighted by Gasteiger charge is 2.25. The number of unbranched alkanes of at least 4 members (excludes halogenated alkanes) is 29. The van der Waals surface area contributed by atoms with Crippen molar-refractivity contribution in [1.82, 2.24) is 0 Å². The number of likely N-dealkylation sites (N-methyl/N-ethyl adjacent to an activating group) is 1. The Morgan fingerprint density at radius 1 is 0.500 bits per heavy atom. The van der Waals surface area contributed by atoms with Crippen molar-refractivity contribution in [3.63, 3.8) is 0 Å². The SMILES string of the molecule is CCCCCCCCCC/C=C\CCCCCCCCCCCCCC(=O)OC(COCCC(C(=O)[O-])[N+](C)(C)C)COC(=O)CCCCCCCCCCCCC. The van der Waals surface area contributed by atoms with Crippen LogP contribution in [0.2, 0.25) is 0 Å². The first kappa shape index (κ1) is 56.1. The zero-order valence-corrected chi connectivity index (χ0v) is 39.0. The van der Waals surface area contributed by atoms with Gasteiger partial charge in [0.05, 0.1) is 40.3 Å². The number of esters is 2. The van der Waals surface area contributed by atoms with Gasteiger partial charge < -0.3 is 28.6 Å². The van der Waals surface area contributed by atoms with E-state index in [1.807, 2.05) is 0 Å². The molecule has 0 bridgehead atoms. The van der Waals surface area contributed by atoms with Crippen LogP contribution in [0.25, 0.3) is 0 Å². The van der Waals surface area contributed by atoms with Gasteiger partial charge in [-0.2, -0.15) is 0 Å². The lowest BCUT2D eigenvalue weighted by molar-refractivity contribution is -0.889. The molecule has 8 nitrogen and oxygen atoms in total. The maximum atomic E-state index is 12.8. The maximum Gasteiger partial charge on any atom is 0.306 e. The third-order valence-electron chi connectivity index (χ3n) is 11.4. The molecule has 0 rings (SSSR count). The number of carbonyl (C=O) groups excluding carboxylic acids is 3. The summed E-state index contributed by atoms with van der Waals surface area (Å²) in [6, 6.07) is -0.721. The average molecular weight is 822 g/mol. The van der Waals surface area contributed by atoms with E-state index < -0.39 is 18.1 Å². The lowest BCUT2D eigenvalue weighted by atomic mass is 10.0. The van der Waals surface area contributed by atoms with E-state index >= 15 is 0 Å². The Labute approximate surface area is 359 Å². The number of rotatable bonds is 45. The average Bonchev–Trinajstić information content (AvgIpc) is 3.18. The smallest absolute Gasteiger partial charge is 0.306 e. The molecule has 0 aromatic rings. The predicted octanol–water partition coefficient (Wildman–Crippen LogP) is 12.5. The minimum Gasteiger partial charge on any atom is -0.544 e. The number of nitrogens with zero attached hydrogens (tertiary/aromatic N) is 1. The van der Waals surface area contributed by atoms with Crippen LogP contribution in [0.15, 0.2) is 12.2 Å². The third-order valence-corrected chi connectivity index (χ3v) is 11.4. The van der Waals surface area contributed by atoms with Crippen LogP contribution in [0.5, 0.6) is 0 Å². The van der Waals surface area contributed by atoms with Gasteiger partial charge in [-0.25, -0.2) is 0 Å². The molecule has 0 heterocycles. The Hall–Kier alpha value is -1.93. The van der Waals surface area contributed by atoms with Crippen molar-refractivity contribution in [2.45, 2.75) is 251 Å². The zero-order chi connectivity index (χ0) is 42.8. The summed E-state index contributed by atoms with van der Waals surface area (Å²) in [4.78, 5) is 36.9.